The van der Waals surface area contributed by atoms with Crippen LogP contribution in [0.15, 0.2) is 17.3 Å². The molecule has 60 valence electrons. The highest BCUT2D eigenvalue weighted by Crippen LogP contribution is 2.17. The molecule has 4 nitrogen and oxygen atoms in total. The van der Waals surface area contributed by atoms with Crippen LogP contribution in [-0.4, -0.2) is 22.3 Å². The molecule has 0 aromatic heterocycles. The molecule has 0 aliphatic carbocycles. The summed E-state index contributed by atoms with van der Waals surface area (Å²) in [5.74, 6) is 0.908. The van der Waals surface area contributed by atoms with E-state index in [0.29, 0.717) is 11.6 Å². The highest BCUT2D eigenvalue weighted by Gasteiger charge is 2.18. The third-order valence-corrected chi connectivity index (χ3v) is 2.39. The molecule has 1 aliphatic heterocycles. The van der Waals surface area contributed by atoms with E-state index in [4.69, 9.17) is 0 Å². The molecule has 0 N–H and O–H groups in total. The smallest absolute Gasteiger partial charge is 0.272 e. The summed E-state index contributed by atoms with van der Waals surface area (Å²) >= 11 is 1.41. The second-order valence-electron chi connectivity index (χ2n) is 2.09. The van der Waals surface area contributed by atoms with Crippen molar-refractivity contribution in [1.29, 1.82) is 0 Å². The van der Waals surface area contributed by atoms with E-state index >= 15 is 0 Å². The molecule has 1 heterocycles. The minimum absolute atomic E-state index is 0.0744. The van der Waals surface area contributed by atoms with E-state index in [2.05, 4.69) is 11.6 Å². The lowest BCUT2D eigenvalue weighted by molar-refractivity contribution is -0.413. The molecule has 0 bridgehead atoms. The molecule has 0 atom stereocenters. The predicted molar refractivity (Wildman–Crippen MR) is 45.5 cm³/mol. The van der Waals surface area contributed by atoms with Gasteiger partial charge in [-0.1, -0.05) is 11.8 Å². The molecular formula is C6H8N2O2S. The number of thioether (sulfide) groups is 1. The zero-order chi connectivity index (χ0) is 8.27. The van der Waals surface area contributed by atoms with E-state index in [1.807, 2.05) is 0 Å². The number of nitro groups is 1. The summed E-state index contributed by atoms with van der Waals surface area (Å²) in [6.07, 6.45) is 0.999. The topological polar surface area (TPSA) is 55.5 Å². The number of rotatable bonds is 2. The molecule has 1 rings (SSSR count). The molecule has 0 unspecified atom stereocenters. The maximum Gasteiger partial charge on any atom is 0.293 e. The molecule has 0 amide bonds. The fraction of sp³-hybridized carbons (Fsp3) is 0.500. The minimum Gasteiger partial charge on any atom is -0.272 e. The van der Waals surface area contributed by atoms with Gasteiger partial charge < -0.3 is 0 Å². The van der Waals surface area contributed by atoms with E-state index in [-0.39, 0.29) is 5.70 Å². The lowest BCUT2D eigenvalue weighted by Gasteiger charge is -2.07. The Kier molecular flexibility index (Phi) is 2.64. The van der Waals surface area contributed by atoms with E-state index < -0.39 is 4.92 Å². The van der Waals surface area contributed by atoms with Crippen molar-refractivity contribution < 1.29 is 4.92 Å². The first-order valence-corrected chi connectivity index (χ1v) is 4.21. The Hall–Kier alpha value is -0.840. The van der Waals surface area contributed by atoms with Crippen LogP contribution in [-0.2, 0) is 0 Å². The zero-order valence-electron chi connectivity index (χ0n) is 5.95. The fourth-order valence-electron chi connectivity index (χ4n) is 0.712. The molecule has 0 aromatic rings. The quantitative estimate of drug-likeness (QED) is 0.466. The third-order valence-electron chi connectivity index (χ3n) is 1.26. The molecule has 11 heavy (non-hydrogen) atoms. The van der Waals surface area contributed by atoms with Crippen molar-refractivity contribution >= 4 is 16.8 Å². The van der Waals surface area contributed by atoms with E-state index in [1.165, 1.54) is 11.8 Å². The van der Waals surface area contributed by atoms with E-state index in [0.717, 1.165) is 12.2 Å². The number of nitrogens with zero attached hydrogens (tertiary/aromatic N) is 2. The van der Waals surface area contributed by atoms with Gasteiger partial charge in [0.25, 0.3) is 5.70 Å². The molecule has 5 heteroatoms. The monoisotopic (exact) mass is 172 g/mol. The summed E-state index contributed by atoms with van der Waals surface area (Å²) in [6.45, 7) is 4.02. The van der Waals surface area contributed by atoms with Gasteiger partial charge in [0.05, 0.1) is 4.92 Å². The van der Waals surface area contributed by atoms with Gasteiger partial charge in [-0.2, -0.15) is 0 Å². The lowest BCUT2D eigenvalue weighted by atomic mass is 10.4. The average Bonchev–Trinajstić information content (AvgIpc) is 2.05. The Bertz CT molecular complexity index is 225. The Labute approximate surface area is 68.5 Å². The second-order valence-corrected chi connectivity index (χ2v) is 3.18. The third kappa shape index (κ3) is 2.04. The molecule has 0 radical (unpaired) electrons. The largest absolute Gasteiger partial charge is 0.293 e. The summed E-state index contributed by atoms with van der Waals surface area (Å²) in [7, 11) is 0. The summed E-state index contributed by atoms with van der Waals surface area (Å²) in [6, 6.07) is 0. The Balaban J connectivity index is 2.66. The van der Waals surface area contributed by atoms with Crippen LogP contribution in [0.25, 0.3) is 0 Å². The molecule has 0 saturated carbocycles. The van der Waals surface area contributed by atoms with Crippen molar-refractivity contribution in [2.24, 2.45) is 4.99 Å². The van der Waals surface area contributed by atoms with Crippen molar-refractivity contribution in [3.05, 3.63) is 22.4 Å². The number of hydrogen-bond donors (Lipinski definition) is 0. The van der Waals surface area contributed by atoms with Crippen molar-refractivity contribution in [3.63, 3.8) is 0 Å². The highest BCUT2D eigenvalue weighted by atomic mass is 32.2. The van der Waals surface area contributed by atoms with Gasteiger partial charge in [-0.05, 0) is 13.0 Å². The molecule has 0 aromatic carbocycles. The van der Waals surface area contributed by atoms with Gasteiger partial charge in [0, 0.05) is 12.3 Å². The molecule has 0 fully saturated rings. The van der Waals surface area contributed by atoms with E-state index in [9.17, 15) is 10.1 Å². The van der Waals surface area contributed by atoms with Crippen LogP contribution < -0.4 is 0 Å². The Morgan fingerprint density at radius 3 is 3.00 bits per heavy atom. The van der Waals surface area contributed by atoms with Crippen LogP contribution in [0, 0.1) is 10.1 Å². The second kappa shape index (κ2) is 3.52. The van der Waals surface area contributed by atoms with Crippen LogP contribution in [0.4, 0.5) is 0 Å². The van der Waals surface area contributed by atoms with Crippen molar-refractivity contribution in [2.45, 2.75) is 6.42 Å². The predicted octanol–water partition coefficient (Wildman–Crippen LogP) is 1.31. The number of aliphatic imine (C=N–C) groups is 1. The van der Waals surface area contributed by atoms with Crippen LogP contribution >= 0.6 is 11.8 Å². The SMILES string of the molecule is C=C(C1=NCCCS1)[N+](=O)[O-]. The normalized spacial score (nSPS) is 17.3. The van der Waals surface area contributed by atoms with Gasteiger partial charge in [0.15, 0.2) is 5.04 Å². The van der Waals surface area contributed by atoms with Gasteiger partial charge in [-0.25, -0.2) is 0 Å². The van der Waals surface area contributed by atoms with Gasteiger partial charge in [0.2, 0.25) is 0 Å². The van der Waals surface area contributed by atoms with Crippen molar-refractivity contribution in [2.75, 3.05) is 12.3 Å². The fourth-order valence-corrected chi connectivity index (χ4v) is 1.60. The minimum atomic E-state index is -0.489. The van der Waals surface area contributed by atoms with Gasteiger partial charge >= 0.3 is 0 Å². The Morgan fingerprint density at radius 2 is 2.55 bits per heavy atom. The maximum absolute atomic E-state index is 10.2. The maximum atomic E-state index is 10.2. The lowest BCUT2D eigenvalue weighted by Crippen LogP contribution is -2.11. The van der Waals surface area contributed by atoms with Crippen molar-refractivity contribution in [1.82, 2.24) is 0 Å². The summed E-state index contributed by atoms with van der Waals surface area (Å²) in [4.78, 5) is 13.7. The summed E-state index contributed by atoms with van der Waals surface area (Å²) < 4.78 is 0. The summed E-state index contributed by atoms with van der Waals surface area (Å²) in [5, 5.41) is 10.7. The first-order valence-electron chi connectivity index (χ1n) is 3.22. The van der Waals surface area contributed by atoms with Crippen LogP contribution in [0.1, 0.15) is 6.42 Å². The zero-order valence-corrected chi connectivity index (χ0v) is 6.76. The van der Waals surface area contributed by atoms with Crippen LogP contribution in [0.5, 0.6) is 0 Å². The molecule has 0 spiro atoms. The van der Waals surface area contributed by atoms with E-state index in [1.54, 1.807) is 0 Å². The molecule has 1 aliphatic rings. The first kappa shape index (κ1) is 8.26. The van der Waals surface area contributed by atoms with Crippen LogP contribution in [0.2, 0.25) is 0 Å². The molecular weight excluding hydrogens is 164 g/mol. The van der Waals surface area contributed by atoms with Gasteiger partial charge in [0.1, 0.15) is 0 Å². The Morgan fingerprint density at radius 1 is 1.82 bits per heavy atom. The van der Waals surface area contributed by atoms with Crippen LogP contribution in [0.3, 0.4) is 0 Å². The molecule has 0 saturated heterocycles. The number of hydrogen-bond acceptors (Lipinski definition) is 4. The standard InChI is InChI=1S/C6H8N2O2S/c1-5(8(9)10)6-7-3-2-4-11-6/h1-4H2. The average molecular weight is 172 g/mol. The first-order chi connectivity index (χ1) is 5.22. The van der Waals surface area contributed by atoms with Gasteiger partial charge in [-0.3, -0.25) is 15.1 Å². The summed E-state index contributed by atoms with van der Waals surface area (Å²) in [5.41, 5.74) is -0.0744. The highest BCUT2D eigenvalue weighted by molar-refractivity contribution is 8.14. The van der Waals surface area contributed by atoms with Gasteiger partial charge in [-0.15, -0.1) is 0 Å². The van der Waals surface area contributed by atoms with Crippen molar-refractivity contribution in [3.8, 4) is 0 Å².